The van der Waals surface area contributed by atoms with Crippen LogP contribution in [0.2, 0.25) is 0 Å². The van der Waals surface area contributed by atoms with Crippen LogP contribution >= 0.6 is 11.3 Å². The number of hydrogen-bond acceptors (Lipinski definition) is 10. The lowest BCUT2D eigenvalue weighted by atomic mass is 9.99. The van der Waals surface area contributed by atoms with Gasteiger partial charge in [0.25, 0.3) is 5.91 Å². The number of anilines is 2. The zero-order valence-corrected chi connectivity index (χ0v) is 23.8. The van der Waals surface area contributed by atoms with Gasteiger partial charge in [-0.3, -0.25) is 9.59 Å². The Morgan fingerprint density at radius 1 is 1.14 bits per heavy atom. The molecule has 0 bridgehead atoms. The van der Waals surface area contributed by atoms with Crippen molar-refractivity contribution in [3.8, 4) is 21.8 Å². The van der Waals surface area contributed by atoms with Gasteiger partial charge in [0.1, 0.15) is 6.17 Å². The lowest BCUT2D eigenvalue weighted by Crippen LogP contribution is -2.49. The van der Waals surface area contributed by atoms with Gasteiger partial charge in [0.2, 0.25) is 23.6 Å². The van der Waals surface area contributed by atoms with Gasteiger partial charge in [-0.1, -0.05) is 5.16 Å². The quantitative estimate of drug-likeness (QED) is 0.300. The molecule has 0 radical (unpaired) electrons. The van der Waals surface area contributed by atoms with E-state index in [4.69, 9.17) is 10.3 Å². The maximum absolute atomic E-state index is 13.4. The zero-order valence-electron chi connectivity index (χ0n) is 23.0. The van der Waals surface area contributed by atoms with Crippen molar-refractivity contribution >= 4 is 40.3 Å². The van der Waals surface area contributed by atoms with E-state index in [1.54, 1.807) is 15.6 Å². The number of nitrogen functional groups attached to an aromatic ring is 1. The fraction of sp³-hybridized carbons (Fsp3) is 0.321. The number of thiophene rings is 1. The summed E-state index contributed by atoms with van der Waals surface area (Å²) in [4.78, 5) is 41.9. The third-order valence-electron chi connectivity index (χ3n) is 7.74. The number of pyridine rings is 1. The minimum atomic E-state index is -1.01. The number of alkyl halides is 1. The average molecular weight is 588 g/mol. The van der Waals surface area contributed by atoms with E-state index >= 15 is 0 Å². The van der Waals surface area contributed by atoms with Crippen LogP contribution in [-0.4, -0.2) is 65.7 Å². The average Bonchev–Trinajstić information content (AvgIpc) is 3.25. The first kappa shape index (κ1) is 26.2. The Bertz CT molecular complexity index is 1870. The lowest BCUT2D eigenvalue weighted by Gasteiger charge is -2.37. The Kier molecular flexibility index (Phi) is 6.04. The fourth-order valence-corrected chi connectivity index (χ4v) is 6.25. The van der Waals surface area contributed by atoms with Gasteiger partial charge in [-0.15, -0.1) is 11.3 Å². The van der Waals surface area contributed by atoms with Gasteiger partial charge >= 0.3 is 0 Å². The maximum atomic E-state index is 13.4. The van der Waals surface area contributed by atoms with E-state index in [2.05, 4.69) is 30.5 Å². The van der Waals surface area contributed by atoms with Crippen LogP contribution in [0.1, 0.15) is 44.9 Å². The fourth-order valence-electron chi connectivity index (χ4n) is 5.35. The summed E-state index contributed by atoms with van der Waals surface area (Å²) < 4.78 is 20.3. The highest BCUT2D eigenvalue weighted by Crippen LogP contribution is 2.39. The third kappa shape index (κ3) is 4.47. The number of rotatable bonds is 6. The normalized spacial score (nSPS) is 18.3. The predicted octanol–water partition coefficient (Wildman–Crippen LogP) is 3.95. The number of carbonyl (C=O) groups excluding carboxylic acids is 2. The van der Waals surface area contributed by atoms with Crippen LogP contribution in [-0.2, 0) is 4.79 Å². The third-order valence-corrected chi connectivity index (χ3v) is 8.79. The number of carbonyl (C=O) groups is 2. The molecule has 3 N–H and O–H groups in total. The van der Waals surface area contributed by atoms with Crippen molar-refractivity contribution in [2.75, 3.05) is 24.1 Å². The number of likely N-dealkylation sites (tertiary alicyclic amines) is 1. The second kappa shape index (κ2) is 9.69. The molecule has 0 aromatic carbocycles. The molecule has 1 saturated heterocycles. The summed E-state index contributed by atoms with van der Waals surface area (Å²) in [7, 11) is 0. The van der Waals surface area contributed by atoms with Crippen LogP contribution in [0.4, 0.5) is 16.0 Å². The first-order valence-corrected chi connectivity index (χ1v) is 14.2. The second-order valence-electron chi connectivity index (χ2n) is 10.7. The molecule has 214 valence electrons. The summed E-state index contributed by atoms with van der Waals surface area (Å²) in [5.41, 5.74) is 10.7. The summed E-state index contributed by atoms with van der Waals surface area (Å²) in [6.07, 6.45) is 2.63. The van der Waals surface area contributed by atoms with Crippen molar-refractivity contribution in [1.82, 2.24) is 34.6 Å². The van der Waals surface area contributed by atoms with Crippen molar-refractivity contribution in [2.24, 2.45) is 5.92 Å². The Balaban J connectivity index is 1.08. The number of nitrogens with zero attached hydrogens (tertiary/aromatic N) is 7. The van der Waals surface area contributed by atoms with Crippen LogP contribution in [0.25, 0.3) is 27.3 Å². The molecule has 0 unspecified atom stereocenters. The predicted molar refractivity (Wildman–Crippen MR) is 153 cm³/mol. The number of amides is 2. The smallest absolute Gasteiger partial charge is 0.259 e. The van der Waals surface area contributed by atoms with E-state index in [9.17, 15) is 14.0 Å². The number of nitrogens with two attached hydrogens (primary N) is 1. The molecule has 2 atom stereocenters. The van der Waals surface area contributed by atoms with Crippen molar-refractivity contribution in [3.05, 3.63) is 58.3 Å². The van der Waals surface area contributed by atoms with Gasteiger partial charge in [0, 0.05) is 29.7 Å². The highest BCUT2D eigenvalue weighted by atomic mass is 32.1. The van der Waals surface area contributed by atoms with E-state index in [1.807, 2.05) is 39.0 Å². The van der Waals surface area contributed by atoms with E-state index < -0.39 is 12.1 Å². The summed E-state index contributed by atoms with van der Waals surface area (Å²) in [5.74, 6) is 0.0650. The molecule has 0 spiro atoms. The first-order valence-electron chi connectivity index (χ1n) is 13.4. The van der Waals surface area contributed by atoms with Gasteiger partial charge in [0.05, 0.1) is 51.1 Å². The monoisotopic (exact) mass is 587 g/mol. The summed E-state index contributed by atoms with van der Waals surface area (Å²) in [5, 5.41) is 11.5. The van der Waals surface area contributed by atoms with Crippen LogP contribution < -0.4 is 11.1 Å². The second-order valence-corrected chi connectivity index (χ2v) is 12.0. The van der Waals surface area contributed by atoms with Crippen LogP contribution in [0.5, 0.6) is 0 Å². The Hall–Kier alpha value is -4.72. The number of aryl methyl sites for hydroxylation is 3. The minimum absolute atomic E-state index is 0.0693. The highest BCUT2D eigenvalue weighted by molar-refractivity contribution is 7.16. The number of hydrogen-bond donors (Lipinski definition) is 2. The van der Waals surface area contributed by atoms with Crippen LogP contribution in [0.15, 0.2) is 35.1 Å². The minimum Gasteiger partial charge on any atom is -0.368 e. The van der Waals surface area contributed by atoms with E-state index in [0.29, 0.717) is 48.0 Å². The largest absolute Gasteiger partial charge is 0.368 e. The Labute approximate surface area is 242 Å². The SMILES string of the molecule is Cc1nc(N)nc(C)c1-c1ccn2ncc(C(=O)Nc3cc(-c4noc(C5CN(C(=O)[C@H]6C[C@@H]6F)C5)n4)sc3C)c2c1. The Morgan fingerprint density at radius 2 is 1.88 bits per heavy atom. The molecule has 1 aliphatic carbocycles. The van der Waals surface area contributed by atoms with Gasteiger partial charge in [0.15, 0.2) is 0 Å². The number of nitrogens with one attached hydrogen (secondary N) is 1. The number of aromatic nitrogens is 6. The van der Waals surface area contributed by atoms with Crippen LogP contribution in [0.3, 0.4) is 0 Å². The molecule has 14 heteroatoms. The van der Waals surface area contributed by atoms with E-state index in [0.717, 1.165) is 32.3 Å². The van der Waals surface area contributed by atoms with Crippen molar-refractivity contribution in [3.63, 3.8) is 0 Å². The molecule has 12 nitrogen and oxygen atoms in total. The molecule has 7 rings (SSSR count). The highest BCUT2D eigenvalue weighted by Gasteiger charge is 2.48. The summed E-state index contributed by atoms with van der Waals surface area (Å²) >= 11 is 1.43. The molecule has 6 heterocycles. The molecule has 2 aliphatic rings. The molecule has 1 aliphatic heterocycles. The van der Waals surface area contributed by atoms with Gasteiger partial charge < -0.3 is 20.5 Å². The molecule has 2 amide bonds. The van der Waals surface area contributed by atoms with Crippen LogP contribution in [0, 0.1) is 26.7 Å². The summed E-state index contributed by atoms with van der Waals surface area (Å²) in [6.45, 7) is 6.53. The van der Waals surface area contributed by atoms with Gasteiger partial charge in [-0.25, -0.2) is 18.9 Å². The standard InChI is InChI=1S/C28H26FN9O3S/c1-12-23(13(2)33-28(30)32-12)15-4-5-38-21(6-15)18(9-31-38)25(39)34-20-8-22(42-14(20)3)24-35-26(41-36-24)16-10-37(11-16)27(40)17-7-19(17)29/h4-6,8-9,16-17,19H,7,10-11H2,1-3H3,(H,34,39)(H2,30,32,33)/t17-,19-/m0/s1. The van der Waals surface area contributed by atoms with E-state index in [1.165, 1.54) is 17.5 Å². The number of halogens is 1. The molecule has 5 aromatic rings. The van der Waals surface area contributed by atoms with E-state index in [-0.39, 0.29) is 23.7 Å². The molecular weight excluding hydrogens is 561 g/mol. The molecule has 2 fully saturated rings. The molecule has 42 heavy (non-hydrogen) atoms. The maximum Gasteiger partial charge on any atom is 0.259 e. The van der Waals surface area contributed by atoms with Gasteiger partial charge in [-0.2, -0.15) is 10.1 Å². The molecule has 1 saturated carbocycles. The first-order chi connectivity index (χ1) is 20.2. The Morgan fingerprint density at radius 3 is 2.60 bits per heavy atom. The van der Waals surface area contributed by atoms with Crippen molar-refractivity contribution in [2.45, 2.75) is 39.3 Å². The van der Waals surface area contributed by atoms with Crippen molar-refractivity contribution < 1.29 is 18.5 Å². The van der Waals surface area contributed by atoms with Gasteiger partial charge in [-0.05, 0) is 51.0 Å². The lowest BCUT2D eigenvalue weighted by molar-refractivity contribution is -0.137. The zero-order chi connectivity index (χ0) is 29.3. The van der Waals surface area contributed by atoms with Crippen molar-refractivity contribution in [1.29, 1.82) is 0 Å². The topological polar surface area (TPSA) is 157 Å². The number of fused-ring (bicyclic) bond motifs is 1. The summed E-state index contributed by atoms with van der Waals surface area (Å²) in [6, 6.07) is 5.60. The molecular formula is C28H26FN9O3S. The molecule has 5 aromatic heterocycles.